The molecule has 102 valence electrons. The molecule has 3 nitrogen and oxygen atoms in total. The van der Waals surface area contributed by atoms with E-state index in [1.54, 1.807) is 11.3 Å². The third-order valence-corrected chi connectivity index (χ3v) is 4.29. The summed E-state index contributed by atoms with van der Waals surface area (Å²) in [4.78, 5) is 8.31. The minimum atomic E-state index is 0.828. The van der Waals surface area contributed by atoms with Crippen molar-refractivity contribution in [3.63, 3.8) is 0 Å². The van der Waals surface area contributed by atoms with Gasteiger partial charge in [0.2, 0.25) is 0 Å². The second-order valence-electron chi connectivity index (χ2n) is 4.80. The van der Waals surface area contributed by atoms with Crippen molar-refractivity contribution in [1.29, 1.82) is 0 Å². The highest BCUT2D eigenvalue weighted by Crippen LogP contribution is 2.19. The Morgan fingerprint density at radius 3 is 2.63 bits per heavy atom. The fraction of sp³-hybridized carbons (Fsp3) is 0.400. The predicted molar refractivity (Wildman–Crippen MR) is 82.2 cm³/mol. The number of nitrogens with zero attached hydrogens (tertiary/aromatic N) is 2. The van der Waals surface area contributed by atoms with Gasteiger partial charge in [-0.25, -0.2) is 4.98 Å². The molecule has 1 aromatic carbocycles. The van der Waals surface area contributed by atoms with Crippen LogP contribution in [0.3, 0.4) is 0 Å². The number of nitrogen functional groups attached to an aromatic ring is 1. The quantitative estimate of drug-likeness (QED) is 0.851. The molecule has 0 fully saturated rings. The van der Waals surface area contributed by atoms with Crippen LogP contribution in [0, 0.1) is 13.8 Å². The summed E-state index contributed by atoms with van der Waals surface area (Å²) in [6.45, 7) is 9.21. The van der Waals surface area contributed by atoms with Crippen molar-refractivity contribution in [3.05, 3.63) is 45.4 Å². The van der Waals surface area contributed by atoms with E-state index in [-0.39, 0.29) is 0 Å². The van der Waals surface area contributed by atoms with Gasteiger partial charge in [-0.05, 0) is 38.1 Å². The number of hydrogen-bond donors (Lipinski definition) is 1. The highest BCUT2D eigenvalue weighted by Gasteiger charge is 2.09. The molecule has 19 heavy (non-hydrogen) atoms. The minimum absolute atomic E-state index is 0.828. The van der Waals surface area contributed by atoms with Crippen molar-refractivity contribution in [2.24, 2.45) is 0 Å². The third-order valence-electron chi connectivity index (χ3n) is 3.24. The van der Waals surface area contributed by atoms with Crippen LogP contribution in [0.5, 0.6) is 0 Å². The number of aryl methyl sites for hydroxylation is 2. The molecule has 0 bridgehead atoms. The zero-order valence-electron chi connectivity index (χ0n) is 11.8. The van der Waals surface area contributed by atoms with E-state index < -0.39 is 0 Å². The van der Waals surface area contributed by atoms with E-state index in [1.165, 1.54) is 15.4 Å². The summed E-state index contributed by atoms with van der Waals surface area (Å²) < 4.78 is 0. The van der Waals surface area contributed by atoms with Gasteiger partial charge < -0.3 is 5.73 Å². The SMILES string of the molecule is CCN(Cc1cccc(N)c1)Cc1nc(C)c(C)s1. The second-order valence-corrected chi connectivity index (χ2v) is 6.09. The smallest absolute Gasteiger partial charge is 0.107 e. The molecule has 0 unspecified atom stereocenters. The molecular weight excluding hydrogens is 254 g/mol. The number of benzene rings is 1. The number of thiazole rings is 1. The van der Waals surface area contributed by atoms with Crippen molar-refractivity contribution in [2.75, 3.05) is 12.3 Å². The zero-order valence-corrected chi connectivity index (χ0v) is 12.6. The standard InChI is InChI=1S/C15H21N3S/c1-4-18(9-13-6-5-7-14(16)8-13)10-15-17-11(2)12(3)19-15/h5-8H,4,9-10,16H2,1-3H3. The summed E-state index contributed by atoms with van der Waals surface area (Å²) in [5.41, 5.74) is 9.06. The van der Waals surface area contributed by atoms with Gasteiger partial charge in [0.25, 0.3) is 0 Å². The molecule has 2 aromatic rings. The average molecular weight is 275 g/mol. The Balaban J connectivity index is 2.04. The summed E-state index contributed by atoms with van der Waals surface area (Å²) in [6, 6.07) is 8.10. The van der Waals surface area contributed by atoms with Crippen molar-refractivity contribution >= 4 is 17.0 Å². The van der Waals surface area contributed by atoms with Crippen molar-refractivity contribution in [2.45, 2.75) is 33.9 Å². The first kappa shape index (κ1) is 14.0. The van der Waals surface area contributed by atoms with Crippen LogP contribution in [-0.2, 0) is 13.1 Å². The van der Waals surface area contributed by atoms with Crippen LogP contribution in [0.25, 0.3) is 0 Å². The van der Waals surface area contributed by atoms with Crippen LogP contribution in [0.1, 0.15) is 28.1 Å². The van der Waals surface area contributed by atoms with Gasteiger partial charge in [-0.15, -0.1) is 11.3 Å². The summed E-state index contributed by atoms with van der Waals surface area (Å²) >= 11 is 1.79. The molecular formula is C15H21N3S. The van der Waals surface area contributed by atoms with E-state index in [9.17, 15) is 0 Å². The number of aromatic nitrogens is 1. The fourth-order valence-electron chi connectivity index (χ4n) is 2.03. The maximum Gasteiger partial charge on any atom is 0.107 e. The van der Waals surface area contributed by atoms with Crippen LogP contribution in [0.4, 0.5) is 5.69 Å². The molecule has 1 heterocycles. The first-order chi connectivity index (χ1) is 9.08. The van der Waals surface area contributed by atoms with Crippen LogP contribution in [-0.4, -0.2) is 16.4 Å². The topological polar surface area (TPSA) is 42.1 Å². The molecule has 0 aliphatic carbocycles. The Hall–Kier alpha value is -1.39. The van der Waals surface area contributed by atoms with Crippen LogP contribution in [0.15, 0.2) is 24.3 Å². The van der Waals surface area contributed by atoms with Gasteiger partial charge in [0.1, 0.15) is 5.01 Å². The lowest BCUT2D eigenvalue weighted by molar-refractivity contribution is 0.271. The molecule has 0 spiro atoms. The number of nitrogens with two attached hydrogens (primary N) is 1. The summed E-state index contributed by atoms with van der Waals surface area (Å²) in [5, 5.41) is 1.20. The highest BCUT2D eigenvalue weighted by atomic mass is 32.1. The zero-order chi connectivity index (χ0) is 13.8. The second kappa shape index (κ2) is 6.17. The third kappa shape index (κ3) is 3.78. The van der Waals surface area contributed by atoms with Crippen molar-refractivity contribution in [1.82, 2.24) is 9.88 Å². The van der Waals surface area contributed by atoms with Crippen LogP contribution < -0.4 is 5.73 Å². The lowest BCUT2D eigenvalue weighted by atomic mass is 10.2. The first-order valence-electron chi connectivity index (χ1n) is 6.58. The molecule has 0 aliphatic rings. The van der Waals surface area contributed by atoms with Gasteiger partial charge in [0.05, 0.1) is 12.2 Å². The molecule has 0 saturated heterocycles. The van der Waals surface area contributed by atoms with Gasteiger partial charge >= 0.3 is 0 Å². The van der Waals surface area contributed by atoms with Gasteiger partial charge in [0.15, 0.2) is 0 Å². The minimum Gasteiger partial charge on any atom is -0.399 e. The Morgan fingerprint density at radius 2 is 2.05 bits per heavy atom. The van der Waals surface area contributed by atoms with Crippen LogP contribution >= 0.6 is 11.3 Å². The summed E-state index contributed by atoms with van der Waals surface area (Å²) in [7, 11) is 0. The highest BCUT2D eigenvalue weighted by molar-refractivity contribution is 7.11. The summed E-state index contributed by atoms with van der Waals surface area (Å²) in [6.07, 6.45) is 0. The molecule has 0 radical (unpaired) electrons. The molecule has 2 rings (SSSR count). The van der Waals surface area contributed by atoms with E-state index >= 15 is 0 Å². The Kier molecular flexibility index (Phi) is 4.56. The number of anilines is 1. The first-order valence-corrected chi connectivity index (χ1v) is 7.39. The van der Waals surface area contributed by atoms with Gasteiger partial charge in [0, 0.05) is 17.1 Å². The molecule has 1 aromatic heterocycles. The monoisotopic (exact) mass is 275 g/mol. The lowest BCUT2D eigenvalue weighted by Gasteiger charge is -2.19. The average Bonchev–Trinajstić information content (AvgIpc) is 2.67. The van der Waals surface area contributed by atoms with E-state index in [0.717, 1.165) is 31.0 Å². The van der Waals surface area contributed by atoms with E-state index in [0.29, 0.717) is 0 Å². The Bertz CT molecular complexity index is 529. The Morgan fingerprint density at radius 1 is 1.26 bits per heavy atom. The molecule has 4 heteroatoms. The molecule has 0 amide bonds. The largest absolute Gasteiger partial charge is 0.399 e. The fourth-order valence-corrected chi connectivity index (χ4v) is 3.00. The van der Waals surface area contributed by atoms with Crippen LogP contribution in [0.2, 0.25) is 0 Å². The van der Waals surface area contributed by atoms with Gasteiger partial charge in [-0.3, -0.25) is 4.90 Å². The molecule has 2 N–H and O–H groups in total. The van der Waals surface area contributed by atoms with Gasteiger partial charge in [-0.2, -0.15) is 0 Å². The number of rotatable bonds is 5. The molecule has 0 atom stereocenters. The number of hydrogen-bond acceptors (Lipinski definition) is 4. The molecule has 0 aliphatic heterocycles. The van der Waals surface area contributed by atoms with Crippen molar-refractivity contribution < 1.29 is 0 Å². The van der Waals surface area contributed by atoms with E-state index in [2.05, 4.69) is 36.7 Å². The maximum atomic E-state index is 5.82. The lowest BCUT2D eigenvalue weighted by Crippen LogP contribution is -2.22. The van der Waals surface area contributed by atoms with E-state index in [1.807, 2.05) is 18.2 Å². The molecule has 0 saturated carbocycles. The van der Waals surface area contributed by atoms with E-state index in [4.69, 9.17) is 5.73 Å². The summed E-state index contributed by atoms with van der Waals surface area (Å²) in [5.74, 6) is 0. The maximum absolute atomic E-state index is 5.82. The Labute approximate surface area is 119 Å². The predicted octanol–water partition coefficient (Wildman–Crippen LogP) is 3.36. The normalized spacial score (nSPS) is 11.2. The van der Waals surface area contributed by atoms with Gasteiger partial charge in [-0.1, -0.05) is 19.1 Å². The van der Waals surface area contributed by atoms with Crippen molar-refractivity contribution in [3.8, 4) is 0 Å².